The first-order chi connectivity index (χ1) is 17.0. The van der Waals surface area contributed by atoms with Crippen molar-refractivity contribution >= 4 is 11.6 Å². The lowest BCUT2D eigenvalue weighted by Crippen LogP contribution is -2.10. The number of benzene rings is 2. The molecule has 1 fully saturated rings. The lowest BCUT2D eigenvalue weighted by atomic mass is 9.96. The molecule has 2 aromatic heterocycles. The maximum absolute atomic E-state index is 12.9. The third-order valence-corrected chi connectivity index (χ3v) is 6.14. The van der Waals surface area contributed by atoms with Crippen molar-refractivity contribution in [2.45, 2.75) is 32.3 Å². The van der Waals surface area contributed by atoms with Crippen LogP contribution in [-0.4, -0.2) is 39.2 Å². The van der Waals surface area contributed by atoms with Gasteiger partial charge in [-0.25, -0.2) is 9.97 Å². The average molecular weight is 464 g/mol. The van der Waals surface area contributed by atoms with Gasteiger partial charge >= 0.3 is 0 Å². The van der Waals surface area contributed by atoms with Gasteiger partial charge in [0.25, 0.3) is 0 Å². The fraction of sp³-hybridized carbons (Fsp3) is 0.207. The number of carbonyl (C=O) groups is 2. The fourth-order valence-electron chi connectivity index (χ4n) is 4.00. The predicted molar refractivity (Wildman–Crippen MR) is 132 cm³/mol. The van der Waals surface area contributed by atoms with Crippen molar-refractivity contribution in [2.75, 3.05) is 6.61 Å². The van der Waals surface area contributed by atoms with E-state index in [1.807, 2.05) is 42.5 Å². The Morgan fingerprint density at radius 3 is 2.51 bits per heavy atom. The van der Waals surface area contributed by atoms with Gasteiger partial charge in [-0.1, -0.05) is 42.5 Å². The number of rotatable bonds is 9. The van der Waals surface area contributed by atoms with Gasteiger partial charge in [-0.2, -0.15) is 0 Å². The molecule has 0 spiro atoms. The highest BCUT2D eigenvalue weighted by Gasteiger charge is 2.30. The number of epoxide rings is 1. The highest BCUT2D eigenvalue weighted by Crippen LogP contribution is 2.20. The lowest BCUT2D eigenvalue weighted by molar-refractivity contribution is -0.119. The Hall–Kier alpha value is -4.03. The largest absolute Gasteiger partial charge is 0.365 e. The van der Waals surface area contributed by atoms with E-state index < -0.39 is 0 Å². The van der Waals surface area contributed by atoms with E-state index in [1.54, 1.807) is 30.7 Å². The SMILES string of the molecule is Cc1ccc(CC(=O)c2ccc(CC(=O)C3CO3)cc2)cc1Cc1nccc(-c2cccnc2)n1. The normalized spacial score (nSPS) is 14.5. The van der Waals surface area contributed by atoms with Crippen LogP contribution < -0.4 is 0 Å². The number of ether oxygens (including phenoxy) is 1. The number of aromatic nitrogens is 3. The topological polar surface area (TPSA) is 85.3 Å². The molecule has 174 valence electrons. The Bertz CT molecular complexity index is 1360. The molecule has 3 heterocycles. The van der Waals surface area contributed by atoms with Crippen LogP contribution in [0.3, 0.4) is 0 Å². The van der Waals surface area contributed by atoms with E-state index in [0.717, 1.165) is 39.3 Å². The zero-order chi connectivity index (χ0) is 24.2. The molecule has 1 aliphatic heterocycles. The van der Waals surface area contributed by atoms with Gasteiger partial charge in [0, 0.05) is 49.0 Å². The van der Waals surface area contributed by atoms with Gasteiger partial charge in [-0.05, 0) is 47.4 Å². The molecule has 35 heavy (non-hydrogen) atoms. The molecule has 0 N–H and O–H groups in total. The molecule has 5 rings (SSSR count). The van der Waals surface area contributed by atoms with Crippen molar-refractivity contribution in [1.82, 2.24) is 15.0 Å². The minimum atomic E-state index is -0.240. The summed E-state index contributed by atoms with van der Waals surface area (Å²) in [5, 5.41) is 0. The van der Waals surface area contributed by atoms with E-state index in [-0.39, 0.29) is 17.7 Å². The van der Waals surface area contributed by atoms with Gasteiger partial charge < -0.3 is 4.74 Å². The quantitative estimate of drug-likeness (QED) is 0.271. The Kier molecular flexibility index (Phi) is 6.55. The molecule has 0 radical (unpaired) electrons. The third-order valence-electron chi connectivity index (χ3n) is 6.14. The van der Waals surface area contributed by atoms with Crippen LogP contribution in [0, 0.1) is 6.92 Å². The van der Waals surface area contributed by atoms with Gasteiger partial charge in [0.05, 0.1) is 12.3 Å². The van der Waals surface area contributed by atoms with E-state index in [0.29, 0.717) is 31.4 Å². The zero-order valence-electron chi connectivity index (χ0n) is 19.5. The molecule has 6 heteroatoms. The molecule has 0 bridgehead atoms. The van der Waals surface area contributed by atoms with E-state index in [2.05, 4.69) is 23.0 Å². The Morgan fingerprint density at radius 1 is 0.971 bits per heavy atom. The molecule has 0 amide bonds. The van der Waals surface area contributed by atoms with Crippen molar-refractivity contribution in [3.63, 3.8) is 0 Å². The second-order valence-corrected chi connectivity index (χ2v) is 8.80. The molecule has 4 aromatic rings. The van der Waals surface area contributed by atoms with Gasteiger partial charge in [0.2, 0.25) is 0 Å². The summed E-state index contributed by atoms with van der Waals surface area (Å²) in [6, 6.07) is 19.1. The van der Waals surface area contributed by atoms with Gasteiger partial charge in [0.1, 0.15) is 11.9 Å². The van der Waals surface area contributed by atoms with Crippen LogP contribution in [0.25, 0.3) is 11.3 Å². The number of nitrogens with zero attached hydrogens (tertiary/aromatic N) is 3. The maximum Gasteiger partial charge on any atom is 0.168 e. The molecule has 1 unspecified atom stereocenters. The summed E-state index contributed by atoms with van der Waals surface area (Å²) in [5.74, 6) is 0.851. The van der Waals surface area contributed by atoms with E-state index in [9.17, 15) is 9.59 Å². The molecular formula is C29H25N3O3. The molecule has 6 nitrogen and oxygen atoms in total. The van der Waals surface area contributed by atoms with Gasteiger partial charge in [-0.3, -0.25) is 14.6 Å². The number of pyridine rings is 1. The minimum Gasteiger partial charge on any atom is -0.365 e. The van der Waals surface area contributed by atoms with Gasteiger partial charge in [-0.15, -0.1) is 0 Å². The second kappa shape index (κ2) is 10.1. The molecule has 1 saturated heterocycles. The summed E-state index contributed by atoms with van der Waals surface area (Å²) in [5.41, 5.74) is 6.49. The van der Waals surface area contributed by atoms with Crippen molar-refractivity contribution in [3.05, 3.63) is 113 Å². The monoisotopic (exact) mass is 463 g/mol. The van der Waals surface area contributed by atoms with Crippen LogP contribution in [0.4, 0.5) is 0 Å². The smallest absolute Gasteiger partial charge is 0.168 e. The molecule has 0 aliphatic carbocycles. The second-order valence-electron chi connectivity index (χ2n) is 8.80. The number of aryl methyl sites for hydroxylation is 1. The predicted octanol–water partition coefficient (Wildman–Crippen LogP) is 4.37. The first-order valence-corrected chi connectivity index (χ1v) is 11.6. The van der Waals surface area contributed by atoms with Crippen LogP contribution in [0.2, 0.25) is 0 Å². The fourth-order valence-corrected chi connectivity index (χ4v) is 4.00. The number of Topliss-reactive ketones (excluding diaryl/α,β-unsaturated/α-hetero) is 2. The van der Waals surface area contributed by atoms with Crippen molar-refractivity contribution in [1.29, 1.82) is 0 Å². The summed E-state index contributed by atoms with van der Waals surface area (Å²) in [7, 11) is 0. The highest BCUT2D eigenvalue weighted by atomic mass is 16.6. The van der Waals surface area contributed by atoms with Crippen LogP contribution in [0.5, 0.6) is 0 Å². The Morgan fingerprint density at radius 2 is 1.77 bits per heavy atom. The Labute approximate surface area is 204 Å². The number of hydrogen-bond acceptors (Lipinski definition) is 6. The summed E-state index contributed by atoms with van der Waals surface area (Å²) in [4.78, 5) is 38.1. The lowest BCUT2D eigenvalue weighted by Gasteiger charge is -2.10. The Balaban J connectivity index is 1.27. The van der Waals surface area contributed by atoms with Crippen molar-refractivity contribution in [3.8, 4) is 11.3 Å². The number of carbonyl (C=O) groups excluding carboxylic acids is 2. The summed E-state index contributed by atoms with van der Waals surface area (Å²) in [6.07, 6.45) is 6.27. The third kappa shape index (κ3) is 5.73. The summed E-state index contributed by atoms with van der Waals surface area (Å²) >= 11 is 0. The number of ketones is 2. The van der Waals surface area contributed by atoms with E-state index in [4.69, 9.17) is 9.72 Å². The first kappa shape index (κ1) is 22.7. The van der Waals surface area contributed by atoms with Gasteiger partial charge in [0.15, 0.2) is 11.6 Å². The average Bonchev–Trinajstić information content (AvgIpc) is 3.73. The van der Waals surface area contributed by atoms with Crippen LogP contribution in [-0.2, 0) is 28.8 Å². The molecular weight excluding hydrogens is 438 g/mol. The zero-order valence-corrected chi connectivity index (χ0v) is 19.5. The maximum atomic E-state index is 12.9. The van der Waals surface area contributed by atoms with E-state index in [1.165, 1.54) is 0 Å². The number of hydrogen-bond donors (Lipinski definition) is 0. The summed E-state index contributed by atoms with van der Waals surface area (Å²) in [6.45, 7) is 2.58. The molecule has 1 atom stereocenters. The minimum absolute atomic E-state index is 0.0398. The van der Waals surface area contributed by atoms with E-state index >= 15 is 0 Å². The standard InChI is InChI=1S/C29H25N3O3/c1-19-4-5-21(15-26(33)22-8-6-20(7-9-22)14-27(34)28-18-35-28)13-24(19)16-29-31-12-10-25(32-29)23-3-2-11-30-17-23/h2-13,17,28H,14-16,18H2,1H3. The van der Waals surface area contributed by atoms with Crippen LogP contribution >= 0.6 is 0 Å². The van der Waals surface area contributed by atoms with Crippen LogP contribution in [0.15, 0.2) is 79.3 Å². The molecule has 1 aliphatic rings. The summed E-state index contributed by atoms with van der Waals surface area (Å²) < 4.78 is 5.04. The highest BCUT2D eigenvalue weighted by molar-refractivity contribution is 5.97. The van der Waals surface area contributed by atoms with Crippen molar-refractivity contribution < 1.29 is 14.3 Å². The molecule has 2 aromatic carbocycles. The van der Waals surface area contributed by atoms with Crippen LogP contribution in [0.1, 0.15) is 38.4 Å². The first-order valence-electron chi connectivity index (χ1n) is 11.6. The van der Waals surface area contributed by atoms with Crippen molar-refractivity contribution in [2.24, 2.45) is 0 Å². The molecule has 0 saturated carbocycles.